The van der Waals surface area contributed by atoms with E-state index < -0.39 is 0 Å². The first-order valence-corrected chi connectivity index (χ1v) is 10.2. The Kier molecular flexibility index (Phi) is 5.17. The molecule has 3 heterocycles. The molecule has 30 heavy (non-hydrogen) atoms. The van der Waals surface area contributed by atoms with Crippen molar-refractivity contribution in [2.45, 2.75) is 25.8 Å². The predicted octanol–water partition coefficient (Wildman–Crippen LogP) is 5.22. The van der Waals surface area contributed by atoms with Crippen LogP contribution in [0.25, 0.3) is 5.70 Å². The van der Waals surface area contributed by atoms with Gasteiger partial charge in [-0.1, -0.05) is 55.6 Å². The van der Waals surface area contributed by atoms with Gasteiger partial charge >= 0.3 is 0 Å². The average molecular weight is 399 g/mol. The SMILES string of the molecule is C=CC(=C)C1c2ccccc2C(=O)N1C.CC1=C2c3ccccc3C(=O)N2CCC1. The fourth-order valence-electron chi connectivity index (χ4n) is 4.57. The maximum Gasteiger partial charge on any atom is 0.258 e. The minimum atomic E-state index is -0.0498. The Morgan fingerprint density at radius 2 is 1.63 bits per heavy atom. The van der Waals surface area contributed by atoms with Crippen LogP contribution in [0.2, 0.25) is 0 Å². The summed E-state index contributed by atoms with van der Waals surface area (Å²) in [5, 5.41) is 0. The summed E-state index contributed by atoms with van der Waals surface area (Å²) in [7, 11) is 1.79. The third-order valence-corrected chi connectivity index (χ3v) is 6.07. The van der Waals surface area contributed by atoms with Crippen molar-refractivity contribution in [1.82, 2.24) is 9.80 Å². The minimum Gasteiger partial charge on any atom is -0.331 e. The number of fused-ring (bicyclic) bond motifs is 4. The summed E-state index contributed by atoms with van der Waals surface area (Å²) in [6, 6.07) is 15.5. The first-order valence-electron chi connectivity index (χ1n) is 10.2. The highest BCUT2D eigenvalue weighted by atomic mass is 16.2. The van der Waals surface area contributed by atoms with E-state index in [2.05, 4.69) is 26.1 Å². The average Bonchev–Trinajstić information content (AvgIpc) is 3.21. The maximum absolute atomic E-state index is 12.1. The highest BCUT2D eigenvalue weighted by molar-refractivity contribution is 6.09. The van der Waals surface area contributed by atoms with Gasteiger partial charge in [0, 0.05) is 30.3 Å². The van der Waals surface area contributed by atoms with Crippen LogP contribution in [0.5, 0.6) is 0 Å². The van der Waals surface area contributed by atoms with Gasteiger partial charge in [0.2, 0.25) is 0 Å². The highest BCUT2D eigenvalue weighted by Gasteiger charge is 2.35. The number of benzene rings is 2. The van der Waals surface area contributed by atoms with E-state index in [-0.39, 0.29) is 17.9 Å². The molecule has 0 fully saturated rings. The normalized spacial score (nSPS) is 19.1. The van der Waals surface area contributed by atoms with Gasteiger partial charge in [-0.2, -0.15) is 0 Å². The number of allylic oxidation sites excluding steroid dienone is 1. The maximum atomic E-state index is 12.1. The van der Waals surface area contributed by atoms with E-state index in [1.54, 1.807) is 18.0 Å². The summed E-state index contributed by atoms with van der Waals surface area (Å²) in [4.78, 5) is 27.6. The van der Waals surface area contributed by atoms with Gasteiger partial charge in [0.1, 0.15) is 0 Å². The molecule has 0 saturated heterocycles. The summed E-state index contributed by atoms with van der Waals surface area (Å²) in [6.07, 6.45) is 3.92. The molecule has 3 aliphatic heterocycles. The topological polar surface area (TPSA) is 40.6 Å². The first-order chi connectivity index (χ1) is 14.5. The summed E-state index contributed by atoms with van der Waals surface area (Å²) in [5.74, 6) is 0.234. The van der Waals surface area contributed by atoms with Crippen LogP contribution in [-0.2, 0) is 0 Å². The van der Waals surface area contributed by atoms with Crippen LogP contribution in [0.15, 0.2) is 78.9 Å². The molecule has 5 rings (SSSR count). The lowest BCUT2D eigenvalue weighted by Gasteiger charge is -2.25. The van der Waals surface area contributed by atoms with E-state index >= 15 is 0 Å². The third-order valence-electron chi connectivity index (χ3n) is 6.07. The summed E-state index contributed by atoms with van der Waals surface area (Å²) < 4.78 is 0. The van der Waals surface area contributed by atoms with Gasteiger partial charge < -0.3 is 9.80 Å². The molecule has 2 amide bonds. The molecular weight excluding hydrogens is 372 g/mol. The quantitative estimate of drug-likeness (QED) is 0.651. The molecular formula is C26H26N2O2. The van der Waals surface area contributed by atoms with Crippen molar-refractivity contribution in [2.24, 2.45) is 0 Å². The summed E-state index contributed by atoms with van der Waals surface area (Å²) in [6.45, 7) is 10.6. The van der Waals surface area contributed by atoms with Crippen molar-refractivity contribution in [2.75, 3.05) is 13.6 Å². The lowest BCUT2D eigenvalue weighted by molar-refractivity contribution is 0.0792. The van der Waals surface area contributed by atoms with Gasteiger partial charge in [0.05, 0.1) is 11.7 Å². The molecule has 4 nitrogen and oxygen atoms in total. The van der Waals surface area contributed by atoms with Crippen molar-refractivity contribution in [3.63, 3.8) is 0 Å². The lowest BCUT2D eigenvalue weighted by Crippen LogP contribution is -2.27. The molecule has 1 unspecified atom stereocenters. The Morgan fingerprint density at radius 1 is 1.00 bits per heavy atom. The van der Waals surface area contributed by atoms with Crippen LogP contribution >= 0.6 is 0 Å². The molecule has 0 N–H and O–H groups in total. The zero-order valence-electron chi connectivity index (χ0n) is 17.5. The van der Waals surface area contributed by atoms with Gasteiger partial charge in [-0.25, -0.2) is 0 Å². The number of likely N-dealkylation sites (N-methyl/N-ethyl adjacent to an activating group) is 1. The second-order valence-corrected chi connectivity index (χ2v) is 7.92. The van der Waals surface area contributed by atoms with Crippen LogP contribution < -0.4 is 0 Å². The van der Waals surface area contributed by atoms with Crippen LogP contribution in [0.1, 0.15) is 57.7 Å². The van der Waals surface area contributed by atoms with Gasteiger partial charge in [-0.15, -0.1) is 0 Å². The molecule has 0 aliphatic carbocycles. The molecule has 0 radical (unpaired) electrons. The molecule has 2 aromatic rings. The Hall–Kier alpha value is -3.40. The van der Waals surface area contributed by atoms with Crippen LogP contribution in [0, 0.1) is 0 Å². The van der Waals surface area contributed by atoms with Crippen LogP contribution in [0.3, 0.4) is 0 Å². The van der Waals surface area contributed by atoms with E-state index in [9.17, 15) is 9.59 Å². The number of nitrogens with zero attached hydrogens (tertiary/aromatic N) is 2. The standard InChI is InChI=1S/2C13H13NO/c1-9-5-4-8-14-12(9)10-6-2-3-7-11(10)13(14)15;1-4-9(2)12-10-7-5-6-8-11(10)13(15)14(12)3/h2-3,6-7H,4-5,8H2,1H3;4-8,12H,1-2H2,3H3. The highest BCUT2D eigenvalue weighted by Crippen LogP contribution is 2.39. The fourth-order valence-corrected chi connectivity index (χ4v) is 4.57. The van der Waals surface area contributed by atoms with Crippen molar-refractivity contribution >= 4 is 17.5 Å². The molecule has 2 aromatic carbocycles. The molecule has 0 bridgehead atoms. The zero-order valence-corrected chi connectivity index (χ0v) is 17.5. The van der Waals surface area contributed by atoms with Crippen molar-refractivity contribution < 1.29 is 9.59 Å². The van der Waals surface area contributed by atoms with Gasteiger partial charge in [-0.05, 0) is 48.6 Å². The van der Waals surface area contributed by atoms with Gasteiger partial charge in [0.25, 0.3) is 11.8 Å². The predicted molar refractivity (Wildman–Crippen MR) is 120 cm³/mol. The van der Waals surface area contributed by atoms with Gasteiger partial charge in [0.15, 0.2) is 0 Å². The smallest absolute Gasteiger partial charge is 0.258 e. The zero-order chi connectivity index (χ0) is 21.4. The lowest BCUT2D eigenvalue weighted by atomic mass is 9.99. The fraction of sp³-hybridized carbons (Fsp3) is 0.231. The van der Waals surface area contributed by atoms with E-state index in [0.29, 0.717) is 0 Å². The Balaban J connectivity index is 0.000000145. The number of hydrogen-bond donors (Lipinski definition) is 0. The number of amides is 2. The second kappa shape index (κ2) is 7.79. The molecule has 0 saturated carbocycles. The van der Waals surface area contributed by atoms with Crippen LogP contribution in [-0.4, -0.2) is 35.2 Å². The van der Waals surface area contributed by atoms with Crippen molar-refractivity contribution in [3.05, 3.63) is 101 Å². The summed E-state index contributed by atoms with van der Waals surface area (Å²) in [5.41, 5.74) is 7.16. The monoisotopic (exact) mass is 398 g/mol. The summed E-state index contributed by atoms with van der Waals surface area (Å²) >= 11 is 0. The van der Waals surface area contributed by atoms with Crippen molar-refractivity contribution in [1.29, 1.82) is 0 Å². The van der Waals surface area contributed by atoms with Gasteiger partial charge in [-0.3, -0.25) is 9.59 Å². The number of carbonyl (C=O) groups is 2. The first kappa shape index (κ1) is 19.9. The van der Waals surface area contributed by atoms with E-state index in [4.69, 9.17) is 0 Å². The Morgan fingerprint density at radius 3 is 2.33 bits per heavy atom. The van der Waals surface area contributed by atoms with E-state index in [1.165, 1.54) is 11.3 Å². The van der Waals surface area contributed by atoms with Crippen molar-refractivity contribution in [3.8, 4) is 0 Å². The second-order valence-electron chi connectivity index (χ2n) is 7.92. The molecule has 152 valence electrons. The Bertz CT molecular complexity index is 1100. The Labute approximate surface area is 177 Å². The molecule has 0 spiro atoms. The van der Waals surface area contributed by atoms with E-state index in [1.807, 2.05) is 47.4 Å². The number of hydrogen-bond acceptors (Lipinski definition) is 2. The largest absolute Gasteiger partial charge is 0.331 e. The minimum absolute atomic E-state index is 0.0498. The molecule has 4 heteroatoms. The number of carbonyl (C=O) groups excluding carboxylic acids is 2. The molecule has 0 aromatic heterocycles. The number of rotatable bonds is 2. The molecule has 1 atom stereocenters. The van der Waals surface area contributed by atoms with E-state index in [0.717, 1.165) is 47.2 Å². The van der Waals surface area contributed by atoms with Crippen LogP contribution in [0.4, 0.5) is 0 Å². The molecule has 3 aliphatic rings. The third kappa shape index (κ3) is 3.09.